The maximum Gasteiger partial charge on any atom is 0.228 e. The summed E-state index contributed by atoms with van der Waals surface area (Å²) in [5.74, 6) is 0.497. The minimum absolute atomic E-state index is 0.407. The number of nitrogens with zero attached hydrogens (tertiary/aromatic N) is 1. The smallest absolute Gasteiger partial charge is 0.228 e. The molecule has 0 aliphatic carbocycles. The van der Waals surface area contributed by atoms with Crippen LogP contribution in [-0.2, 0) is 6.42 Å². The van der Waals surface area contributed by atoms with E-state index >= 15 is 0 Å². The summed E-state index contributed by atoms with van der Waals surface area (Å²) in [4.78, 5) is 0. The molecule has 0 spiro atoms. The molecule has 0 aliphatic rings. The van der Waals surface area contributed by atoms with Gasteiger partial charge in [-0.15, -0.1) is 0 Å². The zero-order chi connectivity index (χ0) is 10.4. The molecular weight excluding hydrogens is 249 g/mol. The van der Waals surface area contributed by atoms with E-state index < -0.39 is 6.86 Å². The number of hydrogen-bond donors (Lipinski definition) is 0. The average Bonchev–Trinajstić information content (AvgIpc) is 2.17. The molecule has 0 unspecified atom stereocenters. The lowest BCUT2D eigenvalue weighted by Crippen LogP contribution is -1.95. The lowest BCUT2D eigenvalue weighted by Gasteiger charge is -2.07. The number of nitriles is 1. The number of ether oxygens (including phenoxy) is 1. The van der Waals surface area contributed by atoms with Crippen molar-refractivity contribution in [2.24, 2.45) is 0 Å². The molecule has 0 amide bonds. The standard InChI is InChI=1S/C10H9BrFNO/c11-9-4-3-8(2-1-5-13)10(6-9)14-7-12/h3-4,6H,1-2,7H2. The third-order valence-corrected chi connectivity index (χ3v) is 2.24. The van der Waals surface area contributed by atoms with Crippen LogP contribution in [0.25, 0.3) is 0 Å². The summed E-state index contributed by atoms with van der Waals surface area (Å²) < 4.78 is 17.7. The van der Waals surface area contributed by atoms with Crippen molar-refractivity contribution in [3.8, 4) is 11.8 Å². The minimum atomic E-state index is -0.851. The molecular formula is C10H9BrFNO. The lowest BCUT2D eigenvalue weighted by molar-refractivity contribution is 0.190. The van der Waals surface area contributed by atoms with Gasteiger partial charge in [0.15, 0.2) is 0 Å². The van der Waals surface area contributed by atoms with E-state index in [9.17, 15) is 4.39 Å². The molecule has 1 rings (SSSR count). The molecule has 0 bridgehead atoms. The Morgan fingerprint density at radius 3 is 2.93 bits per heavy atom. The molecule has 4 heteroatoms. The average molecular weight is 258 g/mol. The van der Waals surface area contributed by atoms with Crippen LogP contribution < -0.4 is 4.74 Å². The van der Waals surface area contributed by atoms with Gasteiger partial charge in [0, 0.05) is 10.9 Å². The minimum Gasteiger partial charge on any atom is -0.463 e. The third-order valence-electron chi connectivity index (χ3n) is 1.75. The van der Waals surface area contributed by atoms with Crippen LogP contribution in [0.2, 0.25) is 0 Å². The van der Waals surface area contributed by atoms with E-state index in [1.54, 1.807) is 6.07 Å². The van der Waals surface area contributed by atoms with Crippen molar-refractivity contribution >= 4 is 15.9 Å². The van der Waals surface area contributed by atoms with Gasteiger partial charge in [-0.25, -0.2) is 4.39 Å². The molecule has 0 aliphatic heterocycles. The SMILES string of the molecule is N#CCCc1ccc(Br)cc1OCF. The molecule has 1 aromatic carbocycles. The summed E-state index contributed by atoms with van der Waals surface area (Å²) in [5.41, 5.74) is 0.854. The molecule has 74 valence electrons. The molecule has 2 nitrogen and oxygen atoms in total. The first-order chi connectivity index (χ1) is 6.77. The fraction of sp³-hybridized carbons (Fsp3) is 0.300. The van der Waals surface area contributed by atoms with Crippen LogP contribution in [0.5, 0.6) is 5.75 Å². The summed E-state index contributed by atoms with van der Waals surface area (Å²) in [7, 11) is 0. The fourth-order valence-electron chi connectivity index (χ4n) is 1.12. The zero-order valence-corrected chi connectivity index (χ0v) is 9.05. The molecule has 0 heterocycles. The second-order valence-corrected chi connectivity index (χ2v) is 3.58. The van der Waals surface area contributed by atoms with Gasteiger partial charge in [-0.1, -0.05) is 22.0 Å². The van der Waals surface area contributed by atoms with Gasteiger partial charge in [-0.2, -0.15) is 5.26 Å². The molecule has 1 aromatic rings. The summed E-state index contributed by atoms with van der Waals surface area (Å²) in [6.45, 7) is -0.851. The Labute approximate surface area is 90.4 Å². The van der Waals surface area contributed by atoms with Crippen molar-refractivity contribution in [3.05, 3.63) is 28.2 Å². The molecule has 0 saturated heterocycles. The van der Waals surface area contributed by atoms with E-state index in [-0.39, 0.29) is 0 Å². The Morgan fingerprint density at radius 2 is 2.29 bits per heavy atom. The number of halogens is 2. The number of benzene rings is 1. The highest BCUT2D eigenvalue weighted by Crippen LogP contribution is 2.24. The highest BCUT2D eigenvalue weighted by Gasteiger charge is 2.04. The van der Waals surface area contributed by atoms with E-state index in [0.717, 1.165) is 10.0 Å². The van der Waals surface area contributed by atoms with Crippen LogP contribution in [0.15, 0.2) is 22.7 Å². The van der Waals surface area contributed by atoms with Gasteiger partial charge in [0.1, 0.15) is 5.75 Å². The van der Waals surface area contributed by atoms with Crippen LogP contribution in [0.4, 0.5) is 4.39 Å². The molecule has 0 radical (unpaired) electrons. The van der Waals surface area contributed by atoms with Crippen molar-refractivity contribution < 1.29 is 9.13 Å². The topological polar surface area (TPSA) is 33.0 Å². The van der Waals surface area contributed by atoms with E-state index in [2.05, 4.69) is 15.9 Å². The van der Waals surface area contributed by atoms with E-state index in [1.807, 2.05) is 18.2 Å². The zero-order valence-electron chi connectivity index (χ0n) is 7.46. The van der Waals surface area contributed by atoms with Gasteiger partial charge in [-0.3, -0.25) is 0 Å². The van der Waals surface area contributed by atoms with Crippen molar-refractivity contribution in [2.45, 2.75) is 12.8 Å². The van der Waals surface area contributed by atoms with Crippen LogP contribution >= 0.6 is 15.9 Å². The van der Waals surface area contributed by atoms with Crippen molar-refractivity contribution in [2.75, 3.05) is 6.86 Å². The molecule has 14 heavy (non-hydrogen) atoms. The molecule has 0 atom stereocenters. The highest BCUT2D eigenvalue weighted by atomic mass is 79.9. The van der Waals surface area contributed by atoms with Gasteiger partial charge in [-0.05, 0) is 24.1 Å². The number of alkyl halides is 1. The Balaban J connectivity index is 2.85. The molecule has 0 saturated carbocycles. The quantitative estimate of drug-likeness (QED) is 0.830. The van der Waals surface area contributed by atoms with Crippen LogP contribution in [0.1, 0.15) is 12.0 Å². The predicted molar refractivity (Wildman–Crippen MR) is 54.7 cm³/mol. The van der Waals surface area contributed by atoms with Gasteiger partial charge in [0.25, 0.3) is 0 Å². The van der Waals surface area contributed by atoms with Crippen molar-refractivity contribution in [3.63, 3.8) is 0 Å². The normalized spacial score (nSPS) is 9.50. The molecule has 0 aromatic heterocycles. The van der Waals surface area contributed by atoms with Crippen LogP contribution in [0.3, 0.4) is 0 Å². The monoisotopic (exact) mass is 257 g/mol. The number of rotatable bonds is 4. The Hall–Kier alpha value is -1.08. The van der Waals surface area contributed by atoms with Gasteiger partial charge in [0.2, 0.25) is 6.86 Å². The highest BCUT2D eigenvalue weighted by molar-refractivity contribution is 9.10. The number of aryl methyl sites for hydroxylation is 1. The largest absolute Gasteiger partial charge is 0.463 e. The summed E-state index contributed by atoms with van der Waals surface area (Å²) in [5, 5.41) is 8.43. The van der Waals surface area contributed by atoms with Gasteiger partial charge >= 0.3 is 0 Å². The Bertz CT molecular complexity index is 348. The van der Waals surface area contributed by atoms with E-state index in [1.165, 1.54) is 0 Å². The van der Waals surface area contributed by atoms with Crippen LogP contribution in [-0.4, -0.2) is 6.86 Å². The second-order valence-electron chi connectivity index (χ2n) is 2.66. The van der Waals surface area contributed by atoms with Crippen molar-refractivity contribution in [1.29, 1.82) is 5.26 Å². The first kappa shape index (κ1) is 11.0. The predicted octanol–water partition coefficient (Wildman–Crippen LogP) is 3.21. The first-order valence-electron chi connectivity index (χ1n) is 4.12. The fourth-order valence-corrected chi connectivity index (χ4v) is 1.46. The maximum atomic E-state index is 12.0. The van der Waals surface area contributed by atoms with E-state index in [0.29, 0.717) is 18.6 Å². The van der Waals surface area contributed by atoms with E-state index in [4.69, 9.17) is 10.00 Å². The second kappa shape index (κ2) is 5.61. The third kappa shape index (κ3) is 3.00. The van der Waals surface area contributed by atoms with Crippen LogP contribution in [0, 0.1) is 11.3 Å². The Kier molecular flexibility index (Phi) is 4.41. The van der Waals surface area contributed by atoms with Gasteiger partial charge < -0.3 is 4.74 Å². The Morgan fingerprint density at radius 1 is 1.50 bits per heavy atom. The summed E-state index contributed by atoms with van der Waals surface area (Å²) >= 11 is 3.27. The molecule has 0 fully saturated rings. The van der Waals surface area contributed by atoms with Crippen molar-refractivity contribution in [1.82, 2.24) is 0 Å². The number of hydrogen-bond acceptors (Lipinski definition) is 2. The van der Waals surface area contributed by atoms with Gasteiger partial charge in [0.05, 0.1) is 6.07 Å². The molecule has 0 N–H and O–H groups in total. The summed E-state index contributed by atoms with van der Waals surface area (Å²) in [6.07, 6.45) is 0.989. The lowest BCUT2D eigenvalue weighted by atomic mass is 10.1. The maximum absolute atomic E-state index is 12.0. The first-order valence-corrected chi connectivity index (χ1v) is 4.91. The summed E-state index contributed by atoms with van der Waals surface area (Å²) in [6, 6.07) is 7.41.